The van der Waals surface area contributed by atoms with E-state index < -0.39 is 5.82 Å². The average Bonchev–Trinajstić information content (AvgIpc) is 2.52. The molecule has 1 aromatic heterocycles. The topological polar surface area (TPSA) is 63.2 Å². The van der Waals surface area contributed by atoms with E-state index >= 15 is 0 Å². The fraction of sp³-hybridized carbons (Fsp3) is 0.600. The van der Waals surface area contributed by atoms with E-state index in [2.05, 4.69) is 15.6 Å². The molecule has 1 atom stereocenters. The van der Waals surface area contributed by atoms with Crippen molar-refractivity contribution in [1.29, 1.82) is 0 Å². The maximum Gasteiger partial charge on any atom is 0.255 e. The Morgan fingerprint density at radius 3 is 3.14 bits per heavy atom. The van der Waals surface area contributed by atoms with Gasteiger partial charge in [0.05, 0.1) is 18.4 Å². The van der Waals surface area contributed by atoms with Crippen LogP contribution in [0.4, 0.5) is 10.2 Å². The zero-order valence-corrected chi connectivity index (χ0v) is 12.3. The monoisotopic (exact) mass is 295 g/mol. The molecule has 5 nitrogen and oxygen atoms in total. The number of ether oxygens (including phenoxy) is 1. The molecule has 1 aliphatic rings. The molecule has 0 aromatic carbocycles. The van der Waals surface area contributed by atoms with Crippen LogP contribution < -0.4 is 10.6 Å². The van der Waals surface area contributed by atoms with Crippen molar-refractivity contribution < 1.29 is 13.9 Å². The molecule has 2 heterocycles. The summed E-state index contributed by atoms with van der Waals surface area (Å²) in [5, 5.41) is 5.89. The summed E-state index contributed by atoms with van der Waals surface area (Å²) in [5.41, 5.74) is 0.250. The Hall–Kier alpha value is -1.69. The molecule has 21 heavy (non-hydrogen) atoms. The van der Waals surface area contributed by atoms with Crippen molar-refractivity contribution in [1.82, 2.24) is 10.3 Å². The van der Waals surface area contributed by atoms with Gasteiger partial charge >= 0.3 is 0 Å². The number of nitrogens with one attached hydrogen (secondary N) is 2. The molecular formula is C15H22FN3O2. The summed E-state index contributed by atoms with van der Waals surface area (Å²) in [6.07, 6.45) is 4.08. The number of aromatic nitrogens is 1. The van der Waals surface area contributed by atoms with Crippen LogP contribution in [0.3, 0.4) is 0 Å². The van der Waals surface area contributed by atoms with Gasteiger partial charge in [-0.25, -0.2) is 9.37 Å². The lowest BCUT2D eigenvalue weighted by molar-refractivity contribution is 0.0536. The minimum absolute atomic E-state index is 0.250. The molecule has 0 radical (unpaired) electrons. The molecule has 116 valence electrons. The minimum atomic E-state index is -0.511. The van der Waals surface area contributed by atoms with Crippen LogP contribution in [0.1, 0.15) is 36.5 Å². The maximum atomic E-state index is 13.3. The van der Waals surface area contributed by atoms with E-state index in [4.69, 9.17) is 4.74 Å². The summed E-state index contributed by atoms with van der Waals surface area (Å²) in [4.78, 5) is 16.2. The average molecular weight is 295 g/mol. The summed E-state index contributed by atoms with van der Waals surface area (Å²) in [6.45, 7) is 4.71. The Kier molecular flexibility index (Phi) is 5.92. The molecule has 0 spiro atoms. The van der Waals surface area contributed by atoms with Crippen LogP contribution in [0.2, 0.25) is 0 Å². The zero-order chi connectivity index (χ0) is 15.1. The van der Waals surface area contributed by atoms with Gasteiger partial charge in [0, 0.05) is 19.7 Å². The van der Waals surface area contributed by atoms with Gasteiger partial charge in [0.1, 0.15) is 11.6 Å². The van der Waals surface area contributed by atoms with E-state index in [1.807, 2.05) is 6.92 Å². The predicted molar refractivity (Wildman–Crippen MR) is 78.9 cm³/mol. The quantitative estimate of drug-likeness (QED) is 0.844. The van der Waals surface area contributed by atoms with E-state index in [0.29, 0.717) is 31.4 Å². The molecule has 6 heteroatoms. The van der Waals surface area contributed by atoms with Crippen molar-refractivity contribution >= 4 is 11.7 Å². The number of nitrogens with zero attached hydrogens (tertiary/aromatic N) is 1. The highest BCUT2D eigenvalue weighted by molar-refractivity contribution is 5.98. The van der Waals surface area contributed by atoms with E-state index in [0.717, 1.165) is 32.1 Å². The van der Waals surface area contributed by atoms with Gasteiger partial charge in [-0.1, -0.05) is 6.92 Å². The molecule has 2 rings (SSSR count). The molecule has 1 aromatic rings. The number of halogens is 1. The highest BCUT2D eigenvalue weighted by Crippen LogP contribution is 2.15. The predicted octanol–water partition coefficient (Wildman–Crippen LogP) is 2.20. The SMILES string of the molecule is CCCNc1ncc(F)cc1C(=O)NCC1CCCOC1. The van der Waals surface area contributed by atoms with E-state index in [1.54, 1.807) is 0 Å². The third-order valence-electron chi connectivity index (χ3n) is 3.45. The first kappa shape index (κ1) is 15.7. The summed E-state index contributed by atoms with van der Waals surface area (Å²) in [6, 6.07) is 1.22. The van der Waals surface area contributed by atoms with E-state index in [1.165, 1.54) is 6.07 Å². The lowest BCUT2D eigenvalue weighted by atomic mass is 10.0. The van der Waals surface area contributed by atoms with Crippen LogP contribution in [0.5, 0.6) is 0 Å². The highest BCUT2D eigenvalue weighted by atomic mass is 19.1. The third kappa shape index (κ3) is 4.67. The highest BCUT2D eigenvalue weighted by Gasteiger charge is 2.18. The Morgan fingerprint density at radius 2 is 2.43 bits per heavy atom. The number of carbonyl (C=O) groups excluding carboxylic acids is 1. The number of anilines is 1. The molecule has 0 saturated carbocycles. The number of amides is 1. The van der Waals surface area contributed by atoms with Crippen molar-refractivity contribution in [3.63, 3.8) is 0 Å². The van der Waals surface area contributed by atoms with E-state index in [9.17, 15) is 9.18 Å². The van der Waals surface area contributed by atoms with Gasteiger partial charge in [0.2, 0.25) is 0 Å². The molecule has 1 unspecified atom stereocenters. The molecule has 1 aliphatic heterocycles. The van der Waals surface area contributed by atoms with Gasteiger partial charge in [-0.2, -0.15) is 0 Å². The van der Waals surface area contributed by atoms with Crippen molar-refractivity contribution in [2.75, 3.05) is 31.6 Å². The fourth-order valence-electron chi connectivity index (χ4n) is 2.30. The lowest BCUT2D eigenvalue weighted by Crippen LogP contribution is -2.33. The second-order valence-electron chi connectivity index (χ2n) is 5.27. The van der Waals surface area contributed by atoms with Gasteiger partial charge in [-0.15, -0.1) is 0 Å². The van der Waals surface area contributed by atoms with Crippen LogP contribution >= 0.6 is 0 Å². The van der Waals surface area contributed by atoms with Gasteiger partial charge in [-0.05, 0) is 31.2 Å². The smallest absolute Gasteiger partial charge is 0.255 e. The molecule has 1 amide bonds. The molecule has 0 bridgehead atoms. The molecule has 1 fully saturated rings. The zero-order valence-electron chi connectivity index (χ0n) is 12.3. The fourth-order valence-corrected chi connectivity index (χ4v) is 2.30. The molecule has 0 aliphatic carbocycles. The maximum absolute atomic E-state index is 13.3. The molecule has 1 saturated heterocycles. The van der Waals surface area contributed by atoms with Crippen LogP contribution in [0.25, 0.3) is 0 Å². The first-order chi connectivity index (χ1) is 10.2. The van der Waals surface area contributed by atoms with Crippen molar-refractivity contribution in [3.8, 4) is 0 Å². The van der Waals surface area contributed by atoms with Crippen molar-refractivity contribution in [2.24, 2.45) is 5.92 Å². The first-order valence-corrected chi connectivity index (χ1v) is 7.46. The van der Waals surface area contributed by atoms with Gasteiger partial charge < -0.3 is 15.4 Å². The normalized spacial score (nSPS) is 18.3. The van der Waals surface area contributed by atoms with Crippen LogP contribution in [0.15, 0.2) is 12.3 Å². The Bertz CT molecular complexity index is 476. The van der Waals surface area contributed by atoms with Crippen LogP contribution in [-0.2, 0) is 4.74 Å². The molecule has 2 N–H and O–H groups in total. The number of pyridine rings is 1. The summed E-state index contributed by atoms with van der Waals surface area (Å²) in [5.74, 6) is -0.0544. The second-order valence-corrected chi connectivity index (χ2v) is 5.27. The minimum Gasteiger partial charge on any atom is -0.381 e. The molecular weight excluding hydrogens is 273 g/mol. The van der Waals surface area contributed by atoms with Crippen LogP contribution in [-0.4, -0.2) is 37.2 Å². The number of carbonyl (C=O) groups is 1. The summed E-state index contributed by atoms with van der Waals surface area (Å²) in [7, 11) is 0. The van der Waals surface area contributed by atoms with Gasteiger partial charge in [-0.3, -0.25) is 4.79 Å². The number of hydrogen-bond acceptors (Lipinski definition) is 4. The van der Waals surface area contributed by atoms with Crippen molar-refractivity contribution in [2.45, 2.75) is 26.2 Å². The van der Waals surface area contributed by atoms with E-state index in [-0.39, 0.29) is 11.5 Å². The summed E-state index contributed by atoms with van der Waals surface area (Å²) >= 11 is 0. The van der Waals surface area contributed by atoms with Crippen LogP contribution in [0, 0.1) is 11.7 Å². The van der Waals surface area contributed by atoms with Gasteiger partial charge in [0.15, 0.2) is 0 Å². The largest absolute Gasteiger partial charge is 0.381 e. The Balaban J connectivity index is 1.97. The Labute approximate surface area is 124 Å². The Morgan fingerprint density at radius 1 is 1.57 bits per heavy atom. The third-order valence-corrected chi connectivity index (χ3v) is 3.45. The number of rotatable bonds is 6. The number of hydrogen-bond donors (Lipinski definition) is 2. The van der Waals surface area contributed by atoms with Gasteiger partial charge in [0.25, 0.3) is 5.91 Å². The summed E-state index contributed by atoms with van der Waals surface area (Å²) < 4.78 is 18.7. The standard InChI is InChI=1S/C15H22FN3O2/c1-2-5-17-14-13(7-12(16)9-18-14)15(20)19-8-11-4-3-6-21-10-11/h7,9,11H,2-6,8,10H2,1H3,(H,17,18)(H,19,20). The first-order valence-electron chi connectivity index (χ1n) is 7.46. The second kappa shape index (κ2) is 7.93. The lowest BCUT2D eigenvalue weighted by Gasteiger charge is -2.22. The van der Waals surface area contributed by atoms with Crippen molar-refractivity contribution in [3.05, 3.63) is 23.6 Å².